The Labute approximate surface area is 168 Å². The molecule has 0 unspecified atom stereocenters. The first kappa shape index (κ1) is 18.6. The maximum atomic E-state index is 12.9. The van der Waals surface area contributed by atoms with Crippen LogP contribution in [0.2, 0.25) is 0 Å². The SMILES string of the molecule is COc1c(OCc2ccccc2)cc2oc(-c3ccccc3)cc(=O)c2c1OC. The second kappa shape index (κ2) is 8.10. The topological polar surface area (TPSA) is 57.9 Å². The minimum atomic E-state index is -0.213. The molecule has 5 heteroatoms. The van der Waals surface area contributed by atoms with Gasteiger partial charge in [-0.1, -0.05) is 60.7 Å². The molecule has 5 nitrogen and oxygen atoms in total. The molecule has 0 fully saturated rings. The van der Waals surface area contributed by atoms with Gasteiger partial charge in [0.05, 0.1) is 14.2 Å². The molecule has 0 saturated heterocycles. The molecule has 0 aliphatic rings. The predicted molar refractivity (Wildman–Crippen MR) is 112 cm³/mol. The van der Waals surface area contributed by atoms with Crippen LogP contribution in [-0.4, -0.2) is 14.2 Å². The van der Waals surface area contributed by atoms with E-state index in [-0.39, 0.29) is 5.43 Å². The zero-order valence-corrected chi connectivity index (χ0v) is 16.2. The van der Waals surface area contributed by atoms with Gasteiger partial charge in [-0.3, -0.25) is 4.79 Å². The van der Waals surface area contributed by atoms with Crippen LogP contribution in [0.3, 0.4) is 0 Å². The molecule has 0 amide bonds. The molecule has 0 N–H and O–H groups in total. The van der Waals surface area contributed by atoms with Gasteiger partial charge in [-0.2, -0.15) is 0 Å². The summed E-state index contributed by atoms with van der Waals surface area (Å²) < 4.78 is 23.0. The number of methoxy groups -OCH3 is 2. The molecule has 0 aliphatic carbocycles. The molecule has 4 rings (SSSR count). The van der Waals surface area contributed by atoms with Crippen molar-refractivity contribution in [2.24, 2.45) is 0 Å². The fourth-order valence-corrected chi connectivity index (χ4v) is 3.22. The summed E-state index contributed by atoms with van der Waals surface area (Å²) in [6.07, 6.45) is 0. The van der Waals surface area contributed by atoms with Crippen molar-refractivity contribution in [1.29, 1.82) is 0 Å². The van der Waals surface area contributed by atoms with E-state index in [2.05, 4.69) is 0 Å². The zero-order valence-electron chi connectivity index (χ0n) is 16.2. The Hall–Kier alpha value is -3.73. The van der Waals surface area contributed by atoms with Crippen molar-refractivity contribution in [3.05, 3.63) is 88.6 Å². The Morgan fingerprint density at radius 1 is 0.828 bits per heavy atom. The van der Waals surface area contributed by atoms with Crippen LogP contribution in [0.1, 0.15) is 5.56 Å². The molecule has 4 aromatic rings. The maximum absolute atomic E-state index is 12.9. The first-order valence-corrected chi connectivity index (χ1v) is 9.16. The first-order valence-electron chi connectivity index (χ1n) is 9.16. The van der Waals surface area contributed by atoms with E-state index < -0.39 is 0 Å². The molecule has 0 atom stereocenters. The minimum absolute atomic E-state index is 0.213. The predicted octanol–water partition coefficient (Wildman–Crippen LogP) is 5.06. The van der Waals surface area contributed by atoms with Crippen molar-refractivity contribution in [2.75, 3.05) is 14.2 Å². The maximum Gasteiger partial charge on any atom is 0.204 e. The molecular weight excluding hydrogens is 368 g/mol. The largest absolute Gasteiger partial charge is 0.492 e. The van der Waals surface area contributed by atoms with Crippen molar-refractivity contribution in [1.82, 2.24) is 0 Å². The quantitative estimate of drug-likeness (QED) is 0.462. The van der Waals surface area contributed by atoms with E-state index in [1.807, 2.05) is 60.7 Å². The average Bonchev–Trinajstić information content (AvgIpc) is 2.77. The highest BCUT2D eigenvalue weighted by molar-refractivity contribution is 5.90. The van der Waals surface area contributed by atoms with Crippen molar-refractivity contribution >= 4 is 11.0 Å². The van der Waals surface area contributed by atoms with Gasteiger partial charge in [-0.05, 0) is 5.56 Å². The molecule has 3 aromatic carbocycles. The summed E-state index contributed by atoms with van der Waals surface area (Å²) in [4.78, 5) is 12.9. The van der Waals surface area contributed by atoms with Crippen LogP contribution in [0, 0.1) is 0 Å². The third-order valence-corrected chi connectivity index (χ3v) is 4.60. The van der Waals surface area contributed by atoms with Crippen LogP contribution in [0.25, 0.3) is 22.3 Å². The molecule has 0 aliphatic heterocycles. The third-order valence-electron chi connectivity index (χ3n) is 4.60. The summed E-state index contributed by atoms with van der Waals surface area (Å²) >= 11 is 0. The number of hydrogen-bond donors (Lipinski definition) is 0. The lowest BCUT2D eigenvalue weighted by Crippen LogP contribution is -2.06. The number of fused-ring (bicyclic) bond motifs is 1. The van der Waals surface area contributed by atoms with Gasteiger partial charge < -0.3 is 18.6 Å². The molecular formula is C24H20O5. The fourth-order valence-electron chi connectivity index (χ4n) is 3.22. The van der Waals surface area contributed by atoms with Crippen molar-refractivity contribution in [2.45, 2.75) is 6.61 Å². The second-order valence-corrected chi connectivity index (χ2v) is 6.43. The Morgan fingerprint density at radius 2 is 1.48 bits per heavy atom. The number of ether oxygens (including phenoxy) is 3. The molecule has 29 heavy (non-hydrogen) atoms. The third kappa shape index (κ3) is 3.67. The van der Waals surface area contributed by atoms with Crippen molar-refractivity contribution in [3.63, 3.8) is 0 Å². The van der Waals surface area contributed by atoms with Gasteiger partial charge in [0.1, 0.15) is 23.3 Å². The van der Waals surface area contributed by atoms with E-state index in [4.69, 9.17) is 18.6 Å². The zero-order chi connectivity index (χ0) is 20.2. The van der Waals surface area contributed by atoms with E-state index >= 15 is 0 Å². The van der Waals surface area contributed by atoms with Crippen LogP contribution in [-0.2, 0) is 6.61 Å². The number of hydrogen-bond acceptors (Lipinski definition) is 5. The van der Waals surface area contributed by atoms with Gasteiger partial charge in [-0.15, -0.1) is 0 Å². The molecule has 1 aromatic heterocycles. The van der Waals surface area contributed by atoms with E-state index in [1.165, 1.54) is 20.3 Å². The standard InChI is InChI=1S/C24H20O5/c1-26-23-21(28-15-16-9-5-3-6-10-16)14-20-22(24(23)27-2)18(25)13-19(29-20)17-11-7-4-8-12-17/h3-14H,15H2,1-2H3. The Kier molecular flexibility index (Phi) is 5.20. The summed E-state index contributed by atoms with van der Waals surface area (Å²) in [6.45, 7) is 0.342. The van der Waals surface area contributed by atoms with Crippen LogP contribution in [0.4, 0.5) is 0 Å². The van der Waals surface area contributed by atoms with Gasteiger partial charge in [0.25, 0.3) is 0 Å². The number of rotatable bonds is 6. The summed E-state index contributed by atoms with van der Waals surface area (Å²) in [5.74, 6) is 1.57. The van der Waals surface area contributed by atoms with E-state index in [0.29, 0.717) is 40.6 Å². The van der Waals surface area contributed by atoms with Crippen molar-refractivity contribution in [3.8, 4) is 28.6 Å². The van der Waals surface area contributed by atoms with E-state index in [1.54, 1.807) is 6.07 Å². The van der Waals surface area contributed by atoms with Crippen LogP contribution in [0.15, 0.2) is 82.0 Å². The first-order chi connectivity index (χ1) is 14.2. The summed E-state index contributed by atoms with van der Waals surface area (Å²) in [5.41, 5.74) is 1.98. The smallest absolute Gasteiger partial charge is 0.204 e. The summed E-state index contributed by atoms with van der Waals surface area (Å²) in [6, 6.07) is 22.4. The molecule has 0 saturated carbocycles. The average molecular weight is 388 g/mol. The Morgan fingerprint density at radius 3 is 2.14 bits per heavy atom. The van der Waals surface area contributed by atoms with Crippen LogP contribution in [0.5, 0.6) is 17.2 Å². The van der Waals surface area contributed by atoms with Crippen LogP contribution < -0.4 is 19.6 Å². The second-order valence-electron chi connectivity index (χ2n) is 6.43. The fraction of sp³-hybridized carbons (Fsp3) is 0.125. The van der Waals surface area contributed by atoms with Crippen molar-refractivity contribution < 1.29 is 18.6 Å². The molecule has 0 bridgehead atoms. The van der Waals surface area contributed by atoms with Gasteiger partial charge in [0.15, 0.2) is 16.9 Å². The Balaban J connectivity index is 1.85. The van der Waals surface area contributed by atoms with E-state index in [0.717, 1.165) is 11.1 Å². The van der Waals surface area contributed by atoms with Gasteiger partial charge in [0.2, 0.25) is 5.75 Å². The van der Waals surface area contributed by atoms with Gasteiger partial charge in [0, 0.05) is 17.7 Å². The lowest BCUT2D eigenvalue weighted by atomic mass is 10.1. The van der Waals surface area contributed by atoms with Gasteiger partial charge >= 0.3 is 0 Å². The van der Waals surface area contributed by atoms with Crippen LogP contribution >= 0.6 is 0 Å². The summed E-state index contributed by atoms with van der Waals surface area (Å²) in [7, 11) is 3.00. The molecule has 0 radical (unpaired) electrons. The minimum Gasteiger partial charge on any atom is -0.492 e. The monoisotopic (exact) mass is 388 g/mol. The molecule has 1 heterocycles. The molecule has 0 spiro atoms. The highest BCUT2D eigenvalue weighted by Crippen LogP contribution is 2.43. The van der Waals surface area contributed by atoms with E-state index in [9.17, 15) is 4.79 Å². The number of benzene rings is 3. The molecule has 146 valence electrons. The highest BCUT2D eigenvalue weighted by atomic mass is 16.5. The Bertz CT molecular complexity index is 1180. The lowest BCUT2D eigenvalue weighted by molar-refractivity contribution is 0.276. The van der Waals surface area contributed by atoms with Gasteiger partial charge in [-0.25, -0.2) is 0 Å². The summed E-state index contributed by atoms with van der Waals surface area (Å²) in [5, 5.41) is 0.316. The lowest BCUT2D eigenvalue weighted by Gasteiger charge is -2.16. The normalized spacial score (nSPS) is 10.7. The highest BCUT2D eigenvalue weighted by Gasteiger charge is 2.21.